The average Bonchev–Trinajstić information content (AvgIpc) is 3.16. The van der Waals surface area contributed by atoms with E-state index in [4.69, 9.17) is 21.3 Å². The van der Waals surface area contributed by atoms with E-state index in [0.717, 1.165) is 42.0 Å². The number of amides is 1. The molecule has 158 valence electrons. The first-order chi connectivity index (χ1) is 15.2. The van der Waals surface area contributed by atoms with Crippen LogP contribution in [0.1, 0.15) is 29.0 Å². The molecule has 4 rings (SSSR count). The van der Waals surface area contributed by atoms with E-state index in [9.17, 15) is 4.79 Å². The van der Waals surface area contributed by atoms with Crippen LogP contribution in [0.5, 0.6) is 5.75 Å². The molecule has 3 aromatic carbocycles. The zero-order chi connectivity index (χ0) is 21.5. The average molecular weight is 434 g/mol. The lowest BCUT2D eigenvalue weighted by atomic mass is 10.2. The number of ether oxygens (including phenoxy) is 1. The summed E-state index contributed by atoms with van der Waals surface area (Å²) in [5.41, 5.74) is 2.58. The summed E-state index contributed by atoms with van der Waals surface area (Å²) in [6, 6.07) is 24.7. The predicted molar refractivity (Wildman–Crippen MR) is 124 cm³/mol. The van der Waals surface area contributed by atoms with Gasteiger partial charge >= 0.3 is 0 Å². The van der Waals surface area contributed by atoms with Crippen molar-refractivity contribution in [2.24, 2.45) is 0 Å². The number of rotatable bonds is 9. The number of carbonyl (C=O) groups excluding carboxylic acids is 1. The number of benzene rings is 3. The van der Waals surface area contributed by atoms with Gasteiger partial charge in [-0.1, -0.05) is 41.9 Å². The first-order valence-electron chi connectivity index (χ1n) is 10.4. The minimum Gasteiger partial charge on any atom is -0.494 e. The van der Waals surface area contributed by atoms with Crippen molar-refractivity contribution in [2.75, 3.05) is 6.61 Å². The zero-order valence-electron chi connectivity index (χ0n) is 17.1. The van der Waals surface area contributed by atoms with Crippen LogP contribution < -0.4 is 10.1 Å². The monoisotopic (exact) mass is 433 g/mol. The Morgan fingerprint density at radius 3 is 2.48 bits per heavy atom. The lowest BCUT2D eigenvalue weighted by Gasteiger charge is -2.11. The van der Waals surface area contributed by atoms with E-state index in [-0.39, 0.29) is 5.91 Å². The topological polar surface area (TPSA) is 56.2 Å². The van der Waals surface area contributed by atoms with E-state index >= 15 is 0 Å². The van der Waals surface area contributed by atoms with Crippen LogP contribution >= 0.6 is 11.6 Å². The highest BCUT2D eigenvalue weighted by Crippen LogP contribution is 2.18. The van der Waals surface area contributed by atoms with Gasteiger partial charge in [-0.2, -0.15) is 0 Å². The number of nitrogens with zero attached hydrogens (tertiary/aromatic N) is 2. The van der Waals surface area contributed by atoms with Gasteiger partial charge in [0.25, 0.3) is 5.91 Å². The van der Waals surface area contributed by atoms with Crippen LogP contribution in [0.2, 0.25) is 5.02 Å². The summed E-state index contributed by atoms with van der Waals surface area (Å²) in [6.45, 7) is 1.83. The molecule has 0 aliphatic rings. The Kier molecular flexibility index (Phi) is 6.85. The molecule has 0 fully saturated rings. The highest BCUT2D eigenvalue weighted by Gasteiger charge is 2.12. The van der Waals surface area contributed by atoms with Gasteiger partial charge in [0.05, 0.1) is 24.2 Å². The molecule has 1 aromatic heterocycles. The molecule has 1 heterocycles. The van der Waals surface area contributed by atoms with Gasteiger partial charge in [-0.3, -0.25) is 4.79 Å². The fraction of sp³-hybridized carbons (Fsp3) is 0.200. The van der Waals surface area contributed by atoms with Gasteiger partial charge in [0, 0.05) is 17.1 Å². The summed E-state index contributed by atoms with van der Waals surface area (Å²) in [5, 5.41) is 3.58. The Labute approximate surface area is 186 Å². The Hall–Kier alpha value is -3.31. The SMILES string of the molecule is O=C(NCc1nc2ccccc2n1CCCCOc1ccccc1)c1ccc(Cl)cc1. The molecule has 0 saturated heterocycles. The van der Waals surface area contributed by atoms with Crippen molar-refractivity contribution in [1.82, 2.24) is 14.9 Å². The molecule has 1 N–H and O–H groups in total. The Morgan fingerprint density at radius 2 is 1.68 bits per heavy atom. The molecule has 0 spiro atoms. The maximum Gasteiger partial charge on any atom is 0.251 e. The molecule has 5 nitrogen and oxygen atoms in total. The molecule has 0 unspecified atom stereocenters. The molecular weight excluding hydrogens is 410 g/mol. The van der Waals surface area contributed by atoms with Crippen molar-refractivity contribution in [3.8, 4) is 5.75 Å². The first-order valence-corrected chi connectivity index (χ1v) is 10.7. The number of halogens is 1. The molecule has 6 heteroatoms. The van der Waals surface area contributed by atoms with Crippen molar-refractivity contribution in [3.63, 3.8) is 0 Å². The van der Waals surface area contributed by atoms with E-state index in [0.29, 0.717) is 23.7 Å². The van der Waals surface area contributed by atoms with Crippen LogP contribution in [0.4, 0.5) is 0 Å². The number of hydrogen-bond donors (Lipinski definition) is 1. The Morgan fingerprint density at radius 1 is 0.935 bits per heavy atom. The lowest BCUT2D eigenvalue weighted by Crippen LogP contribution is -2.24. The molecule has 0 radical (unpaired) electrons. The fourth-order valence-corrected chi connectivity index (χ4v) is 3.58. The van der Waals surface area contributed by atoms with Crippen LogP contribution in [-0.4, -0.2) is 22.1 Å². The molecular formula is C25H24ClN3O2. The van der Waals surface area contributed by atoms with Gasteiger partial charge in [-0.15, -0.1) is 0 Å². The number of imidazole rings is 1. The highest BCUT2D eigenvalue weighted by atomic mass is 35.5. The van der Waals surface area contributed by atoms with Crippen molar-refractivity contribution >= 4 is 28.5 Å². The highest BCUT2D eigenvalue weighted by molar-refractivity contribution is 6.30. The quantitative estimate of drug-likeness (QED) is 0.355. The molecule has 0 aliphatic carbocycles. The first kappa shape index (κ1) is 20.9. The largest absolute Gasteiger partial charge is 0.494 e. The number of unbranched alkanes of at least 4 members (excludes halogenated alkanes) is 1. The number of fused-ring (bicyclic) bond motifs is 1. The maximum atomic E-state index is 12.5. The van der Waals surface area contributed by atoms with Crippen LogP contribution in [0.25, 0.3) is 11.0 Å². The third-order valence-electron chi connectivity index (χ3n) is 5.04. The second-order valence-electron chi connectivity index (χ2n) is 7.23. The van der Waals surface area contributed by atoms with E-state index < -0.39 is 0 Å². The van der Waals surface area contributed by atoms with Gasteiger partial charge < -0.3 is 14.6 Å². The summed E-state index contributed by atoms with van der Waals surface area (Å²) >= 11 is 5.91. The van der Waals surface area contributed by atoms with Crippen LogP contribution in [0, 0.1) is 0 Å². The number of para-hydroxylation sites is 3. The van der Waals surface area contributed by atoms with Crippen molar-refractivity contribution in [3.05, 3.63) is 95.3 Å². The summed E-state index contributed by atoms with van der Waals surface area (Å²) in [5.74, 6) is 1.58. The molecule has 0 bridgehead atoms. The summed E-state index contributed by atoms with van der Waals surface area (Å²) < 4.78 is 7.97. The molecule has 4 aromatic rings. The van der Waals surface area contributed by atoms with E-state index in [1.54, 1.807) is 24.3 Å². The normalized spacial score (nSPS) is 10.9. The van der Waals surface area contributed by atoms with Gasteiger partial charge in [0.1, 0.15) is 11.6 Å². The maximum absolute atomic E-state index is 12.5. The number of carbonyl (C=O) groups is 1. The molecule has 31 heavy (non-hydrogen) atoms. The number of aromatic nitrogens is 2. The van der Waals surface area contributed by atoms with Crippen molar-refractivity contribution in [2.45, 2.75) is 25.9 Å². The summed E-state index contributed by atoms with van der Waals surface area (Å²) in [4.78, 5) is 17.2. The van der Waals surface area contributed by atoms with E-state index in [1.165, 1.54) is 0 Å². The molecule has 0 atom stereocenters. The molecule has 0 saturated carbocycles. The number of hydrogen-bond acceptors (Lipinski definition) is 3. The Bertz CT molecular complexity index is 1140. The summed E-state index contributed by atoms with van der Waals surface area (Å²) in [6.07, 6.45) is 1.88. The molecule has 1 amide bonds. The minimum absolute atomic E-state index is 0.147. The van der Waals surface area contributed by atoms with Gasteiger partial charge in [-0.25, -0.2) is 4.98 Å². The summed E-state index contributed by atoms with van der Waals surface area (Å²) in [7, 11) is 0. The smallest absolute Gasteiger partial charge is 0.251 e. The van der Waals surface area contributed by atoms with Gasteiger partial charge in [0.2, 0.25) is 0 Å². The number of nitrogens with one attached hydrogen (secondary N) is 1. The van der Waals surface area contributed by atoms with Gasteiger partial charge in [-0.05, 0) is 61.4 Å². The fourth-order valence-electron chi connectivity index (χ4n) is 3.45. The van der Waals surface area contributed by atoms with Crippen molar-refractivity contribution < 1.29 is 9.53 Å². The van der Waals surface area contributed by atoms with E-state index in [1.807, 2.05) is 48.5 Å². The third-order valence-corrected chi connectivity index (χ3v) is 5.29. The van der Waals surface area contributed by atoms with Crippen LogP contribution in [-0.2, 0) is 13.1 Å². The second-order valence-corrected chi connectivity index (χ2v) is 7.66. The molecule has 0 aliphatic heterocycles. The third kappa shape index (κ3) is 5.44. The zero-order valence-corrected chi connectivity index (χ0v) is 17.9. The standard InChI is InChI=1S/C25H24ClN3O2/c26-20-14-12-19(13-15-20)25(30)27-18-24-28-22-10-4-5-11-23(22)29(24)16-6-7-17-31-21-8-2-1-3-9-21/h1-5,8-15H,6-7,16-18H2,(H,27,30). The van der Waals surface area contributed by atoms with Crippen LogP contribution in [0.3, 0.4) is 0 Å². The van der Waals surface area contributed by atoms with Gasteiger partial charge in [0.15, 0.2) is 0 Å². The van der Waals surface area contributed by atoms with Crippen molar-refractivity contribution in [1.29, 1.82) is 0 Å². The van der Waals surface area contributed by atoms with E-state index in [2.05, 4.69) is 16.0 Å². The van der Waals surface area contributed by atoms with Crippen LogP contribution in [0.15, 0.2) is 78.9 Å². The number of aryl methyl sites for hydroxylation is 1. The minimum atomic E-state index is -0.147. The Balaban J connectivity index is 1.38. The lowest BCUT2D eigenvalue weighted by molar-refractivity contribution is 0.0949. The second kappa shape index (κ2) is 10.1. The predicted octanol–water partition coefficient (Wildman–Crippen LogP) is 5.48.